The van der Waals surface area contributed by atoms with Gasteiger partial charge in [-0.05, 0) is 68.8 Å². The molecule has 1 fully saturated rings. The summed E-state index contributed by atoms with van der Waals surface area (Å²) in [5.41, 5.74) is -1.42. The van der Waals surface area contributed by atoms with E-state index in [1.165, 1.54) is 49.7 Å². The Balaban J connectivity index is 1.38. The van der Waals surface area contributed by atoms with E-state index >= 15 is 0 Å². The number of anilines is 1. The number of carbonyl (C=O) groups is 2. The van der Waals surface area contributed by atoms with Gasteiger partial charge in [-0.1, -0.05) is 30.2 Å². The van der Waals surface area contributed by atoms with E-state index < -0.39 is 41.1 Å². The second-order valence-corrected chi connectivity index (χ2v) is 11.6. The van der Waals surface area contributed by atoms with Gasteiger partial charge in [0, 0.05) is 27.9 Å². The number of halogens is 5. The van der Waals surface area contributed by atoms with Crippen molar-refractivity contribution in [3.8, 4) is 22.6 Å². The number of rotatable bonds is 10. The van der Waals surface area contributed by atoms with Crippen LogP contribution in [0.25, 0.3) is 16.8 Å². The maximum Gasteiger partial charge on any atom is 0.436 e. The van der Waals surface area contributed by atoms with Gasteiger partial charge in [-0.15, -0.1) is 5.10 Å². The number of methoxy groups -OCH3 is 1. The van der Waals surface area contributed by atoms with Gasteiger partial charge >= 0.3 is 6.18 Å². The number of nitrogens with one attached hydrogen (secondary N) is 2. The molecule has 3 heterocycles. The largest absolute Gasteiger partial charge is 0.495 e. The highest BCUT2D eigenvalue weighted by atomic mass is 35.5. The van der Waals surface area contributed by atoms with Crippen LogP contribution in [0.3, 0.4) is 0 Å². The molecule has 2 aromatic carbocycles. The van der Waals surface area contributed by atoms with Crippen LogP contribution in [0.4, 0.5) is 23.2 Å². The number of likely N-dealkylation sites (tertiary alicyclic amines) is 1. The van der Waals surface area contributed by atoms with Gasteiger partial charge in [0.15, 0.2) is 5.69 Å². The average molecular weight is 690 g/mol. The number of hydrogen-bond acceptors (Lipinski definition) is 7. The molecule has 1 aliphatic heterocycles. The Kier molecular flexibility index (Phi) is 10.5. The fraction of sp³-hybridized carbons (Fsp3) is 0.344. The Morgan fingerprint density at radius 2 is 1.79 bits per heavy atom. The standard InChI is InChI=1S/C32H32ClF4N7O4/c1-3-25(31(47)39-20-8-9-21(24(34)14-20)30(46)38-18-42-11-5-4-6-12-42)43-16-27(48-2)23(15-29(43)45)22-13-19(33)7-10-26(22)44-17-28(40-41-44)32(35,36)37/h7-10,13-17,25H,3-6,11-12,18H2,1-2H3,(H,38,46)(H,39,47)/t25-/m0/s1. The fourth-order valence-electron chi connectivity index (χ4n) is 5.49. The van der Waals surface area contributed by atoms with Gasteiger partial charge < -0.3 is 15.4 Å². The van der Waals surface area contributed by atoms with Crippen LogP contribution in [0, 0.1) is 5.82 Å². The maximum atomic E-state index is 15.0. The molecule has 5 rings (SSSR count). The van der Waals surface area contributed by atoms with Crippen molar-refractivity contribution >= 4 is 29.1 Å². The number of hydrogen-bond donors (Lipinski definition) is 2. The third-order valence-electron chi connectivity index (χ3n) is 7.96. The number of piperidine rings is 1. The molecule has 254 valence electrons. The highest BCUT2D eigenvalue weighted by molar-refractivity contribution is 6.31. The lowest BCUT2D eigenvalue weighted by Gasteiger charge is -2.26. The molecular formula is C32H32ClF4N7O4. The topological polar surface area (TPSA) is 123 Å². The summed E-state index contributed by atoms with van der Waals surface area (Å²) < 4.78 is 62.2. The van der Waals surface area contributed by atoms with Gasteiger partial charge in [0.05, 0.1) is 37.4 Å². The Morgan fingerprint density at radius 1 is 1.04 bits per heavy atom. The molecule has 1 saturated heterocycles. The van der Waals surface area contributed by atoms with Crippen LogP contribution in [0.5, 0.6) is 5.75 Å². The molecule has 0 radical (unpaired) electrons. The summed E-state index contributed by atoms with van der Waals surface area (Å²) >= 11 is 6.22. The smallest absolute Gasteiger partial charge is 0.436 e. The van der Waals surface area contributed by atoms with Crippen molar-refractivity contribution in [2.24, 2.45) is 0 Å². The summed E-state index contributed by atoms with van der Waals surface area (Å²) in [7, 11) is 1.32. The molecule has 0 bridgehead atoms. The Labute approximate surface area is 277 Å². The monoisotopic (exact) mass is 689 g/mol. The predicted molar refractivity (Wildman–Crippen MR) is 170 cm³/mol. The highest BCUT2D eigenvalue weighted by Crippen LogP contribution is 2.36. The lowest BCUT2D eigenvalue weighted by Crippen LogP contribution is -2.40. The zero-order chi connectivity index (χ0) is 34.6. The zero-order valence-corrected chi connectivity index (χ0v) is 26.7. The first-order chi connectivity index (χ1) is 22.9. The van der Waals surface area contributed by atoms with Crippen LogP contribution in [-0.4, -0.2) is 63.1 Å². The minimum absolute atomic E-state index is 0.0785. The molecule has 2 amide bonds. The minimum atomic E-state index is -4.73. The van der Waals surface area contributed by atoms with Gasteiger partial charge in [0.1, 0.15) is 17.6 Å². The first-order valence-electron chi connectivity index (χ1n) is 15.1. The van der Waals surface area contributed by atoms with E-state index in [0.29, 0.717) is 12.9 Å². The summed E-state index contributed by atoms with van der Waals surface area (Å²) in [6, 6.07) is 8.09. The molecule has 1 atom stereocenters. The Bertz CT molecular complexity index is 1870. The van der Waals surface area contributed by atoms with Crippen molar-refractivity contribution in [1.29, 1.82) is 0 Å². The third kappa shape index (κ3) is 7.68. The lowest BCUT2D eigenvalue weighted by atomic mass is 10.0. The van der Waals surface area contributed by atoms with Gasteiger partial charge in [-0.2, -0.15) is 13.2 Å². The molecule has 2 aromatic heterocycles. The number of amides is 2. The van der Waals surface area contributed by atoms with E-state index in [0.717, 1.165) is 47.7 Å². The first kappa shape index (κ1) is 34.6. The van der Waals surface area contributed by atoms with Crippen molar-refractivity contribution in [2.75, 3.05) is 32.2 Å². The average Bonchev–Trinajstić information content (AvgIpc) is 3.56. The minimum Gasteiger partial charge on any atom is -0.495 e. The molecule has 4 aromatic rings. The fourth-order valence-corrected chi connectivity index (χ4v) is 5.66. The zero-order valence-electron chi connectivity index (χ0n) is 26.0. The van der Waals surface area contributed by atoms with Crippen molar-refractivity contribution in [1.82, 2.24) is 29.8 Å². The Morgan fingerprint density at radius 3 is 2.44 bits per heavy atom. The lowest BCUT2D eigenvalue weighted by molar-refractivity contribution is -0.141. The summed E-state index contributed by atoms with van der Waals surface area (Å²) in [5, 5.41) is 12.3. The number of carbonyl (C=O) groups excluding carboxylic acids is 2. The van der Waals surface area contributed by atoms with Crippen LogP contribution in [0.2, 0.25) is 5.02 Å². The van der Waals surface area contributed by atoms with E-state index in [4.69, 9.17) is 16.3 Å². The van der Waals surface area contributed by atoms with E-state index in [2.05, 4.69) is 25.8 Å². The van der Waals surface area contributed by atoms with Gasteiger partial charge in [-0.3, -0.25) is 23.9 Å². The second-order valence-electron chi connectivity index (χ2n) is 11.2. The van der Waals surface area contributed by atoms with Crippen LogP contribution in [0.15, 0.2) is 59.7 Å². The van der Waals surface area contributed by atoms with Gasteiger partial charge in [0.25, 0.3) is 11.5 Å². The summed E-state index contributed by atoms with van der Waals surface area (Å²) in [6.45, 7) is 3.71. The molecule has 11 nitrogen and oxygen atoms in total. The molecule has 0 saturated carbocycles. The van der Waals surface area contributed by atoms with Crippen LogP contribution >= 0.6 is 11.6 Å². The number of aromatic nitrogens is 4. The third-order valence-corrected chi connectivity index (χ3v) is 8.20. The molecule has 0 spiro atoms. The number of benzene rings is 2. The molecule has 16 heteroatoms. The Hall–Kier alpha value is -4.76. The van der Waals surface area contributed by atoms with E-state index in [1.807, 2.05) is 0 Å². The van der Waals surface area contributed by atoms with Crippen LogP contribution < -0.4 is 20.9 Å². The second kappa shape index (κ2) is 14.6. The van der Waals surface area contributed by atoms with Gasteiger partial charge in [0.2, 0.25) is 5.91 Å². The molecule has 1 aliphatic rings. The van der Waals surface area contributed by atoms with Gasteiger partial charge in [-0.25, -0.2) is 9.07 Å². The van der Waals surface area contributed by atoms with E-state index in [1.54, 1.807) is 6.92 Å². The summed E-state index contributed by atoms with van der Waals surface area (Å²) in [5.74, 6) is -1.94. The van der Waals surface area contributed by atoms with Crippen LogP contribution in [0.1, 0.15) is 54.7 Å². The maximum absolute atomic E-state index is 15.0. The van der Waals surface area contributed by atoms with Crippen molar-refractivity contribution < 1.29 is 31.9 Å². The number of nitrogens with zero attached hydrogens (tertiary/aromatic N) is 5. The quantitative estimate of drug-likeness (QED) is 0.206. The van der Waals surface area contributed by atoms with Crippen LogP contribution in [-0.2, 0) is 11.0 Å². The normalized spacial score (nSPS) is 14.4. The molecule has 2 N–H and O–H groups in total. The SMILES string of the molecule is CC[C@@H](C(=O)Nc1ccc(C(=O)NCN2CCCCC2)c(F)c1)n1cc(OC)c(-c2cc(Cl)ccc2-n2cc(C(F)(F)F)nn2)cc1=O. The highest BCUT2D eigenvalue weighted by Gasteiger charge is 2.35. The van der Waals surface area contributed by atoms with Crippen molar-refractivity contribution in [2.45, 2.75) is 44.8 Å². The molecule has 0 aliphatic carbocycles. The summed E-state index contributed by atoms with van der Waals surface area (Å²) in [6.07, 6.45) is 0.656. The number of alkyl halides is 3. The summed E-state index contributed by atoms with van der Waals surface area (Å²) in [4.78, 5) is 41.5. The predicted octanol–water partition coefficient (Wildman–Crippen LogP) is 5.68. The molecule has 0 unspecified atom stereocenters. The van der Waals surface area contributed by atoms with Crippen molar-refractivity contribution in [3.05, 3.63) is 87.3 Å². The van der Waals surface area contributed by atoms with E-state index in [9.17, 15) is 31.9 Å². The molecule has 48 heavy (non-hydrogen) atoms. The van der Waals surface area contributed by atoms with E-state index in [-0.39, 0.29) is 45.3 Å². The number of pyridine rings is 1. The molecular weight excluding hydrogens is 658 g/mol. The number of ether oxygens (including phenoxy) is 1. The van der Waals surface area contributed by atoms with Crippen molar-refractivity contribution in [3.63, 3.8) is 0 Å². The first-order valence-corrected chi connectivity index (χ1v) is 15.5.